The Kier molecular flexibility index (Phi) is 7.11. The van der Waals surface area contributed by atoms with Crippen LogP contribution in [0.5, 0.6) is 5.75 Å². The van der Waals surface area contributed by atoms with E-state index < -0.39 is 0 Å². The number of non-ortho nitro benzene ring substituents is 1. The summed E-state index contributed by atoms with van der Waals surface area (Å²) in [6.45, 7) is 7.48. The number of carbonyl (C=O) groups excluding carboxylic acids is 1. The van der Waals surface area contributed by atoms with Crippen LogP contribution in [0.4, 0.5) is 5.69 Å². The molecule has 2 aromatic heterocycles. The van der Waals surface area contributed by atoms with E-state index in [0.29, 0.717) is 19.6 Å². The second kappa shape index (κ2) is 10.6. The number of hydrogen-bond donors (Lipinski definition) is 0. The van der Waals surface area contributed by atoms with Crippen molar-refractivity contribution in [3.63, 3.8) is 0 Å². The molecule has 0 atom stereocenters. The summed E-state index contributed by atoms with van der Waals surface area (Å²) in [5.74, 6) is 0.965. The van der Waals surface area contributed by atoms with Crippen molar-refractivity contribution in [3.05, 3.63) is 82.7 Å². The van der Waals surface area contributed by atoms with Crippen LogP contribution in [0.15, 0.2) is 66.9 Å². The molecule has 2 aromatic carbocycles. The first-order chi connectivity index (χ1) is 18.3. The van der Waals surface area contributed by atoms with Crippen molar-refractivity contribution in [3.8, 4) is 28.1 Å². The first-order valence-corrected chi connectivity index (χ1v) is 12.8. The Morgan fingerprint density at radius 2 is 1.71 bits per heavy atom. The Balaban J connectivity index is 1.53. The number of imidazole rings is 1. The number of amides is 1. The van der Waals surface area contributed by atoms with Gasteiger partial charge in [-0.1, -0.05) is 26.0 Å². The van der Waals surface area contributed by atoms with Crippen LogP contribution in [-0.4, -0.2) is 63.3 Å². The van der Waals surface area contributed by atoms with E-state index in [1.807, 2.05) is 67.4 Å². The molecule has 38 heavy (non-hydrogen) atoms. The number of nitro benzene ring substituents is 1. The number of benzene rings is 2. The summed E-state index contributed by atoms with van der Waals surface area (Å²) >= 11 is 0. The lowest BCUT2D eigenvalue weighted by Crippen LogP contribution is -2.49. The number of aromatic nitrogens is 2. The molecule has 9 nitrogen and oxygen atoms in total. The van der Waals surface area contributed by atoms with Gasteiger partial charge in [0, 0.05) is 62.5 Å². The predicted octanol–water partition coefficient (Wildman–Crippen LogP) is 4.89. The fraction of sp³-hybridized carbons (Fsp3) is 0.310. The monoisotopic (exact) mass is 513 g/mol. The molecule has 196 valence electrons. The van der Waals surface area contributed by atoms with Gasteiger partial charge < -0.3 is 14.0 Å². The molecule has 1 saturated heterocycles. The number of piperazine rings is 1. The lowest BCUT2D eigenvalue weighted by Gasteiger charge is -2.35. The van der Waals surface area contributed by atoms with Gasteiger partial charge in [-0.3, -0.25) is 19.8 Å². The zero-order valence-electron chi connectivity index (χ0n) is 21.8. The first kappa shape index (κ1) is 25.4. The van der Waals surface area contributed by atoms with Gasteiger partial charge in [0.2, 0.25) is 5.91 Å². The minimum absolute atomic E-state index is 0.00534. The van der Waals surface area contributed by atoms with Gasteiger partial charge in [0.1, 0.15) is 11.4 Å². The van der Waals surface area contributed by atoms with Crippen LogP contribution >= 0.6 is 0 Å². The Labute approximate surface area is 221 Å². The van der Waals surface area contributed by atoms with Gasteiger partial charge in [0.05, 0.1) is 23.4 Å². The van der Waals surface area contributed by atoms with Crippen molar-refractivity contribution in [2.24, 2.45) is 5.92 Å². The molecular weight excluding hydrogens is 482 g/mol. The van der Waals surface area contributed by atoms with Crippen LogP contribution in [-0.2, 0) is 11.3 Å². The van der Waals surface area contributed by atoms with E-state index in [9.17, 15) is 14.9 Å². The van der Waals surface area contributed by atoms with Crippen molar-refractivity contribution in [2.75, 3.05) is 33.3 Å². The fourth-order valence-electron chi connectivity index (χ4n) is 4.90. The van der Waals surface area contributed by atoms with Crippen LogP contribution in [0, 0.1) is 16.0 Å². The molecule has 9 heteroatoms. The summed E-state index contributed by atoms with van der Waals surface area (Å²) in [4.78, 5) is 32.7. The highest BCUT2D eigenvalue weighted by Gasteiger charge is 2.25. The number of ether oxygens (including phenoxy) is 1. The topological polar surface area (TPSA) is 93.2 Å². The normalized spacial score (nSPS) is 14.3. The van der Waals surface area contributed by atoms with E-state index in [4.69, 9.17) is 9.72 Å². The molecule has 0 aliphatic carbocycles. The van der Waals surface area contributed by atoms with E-state index in [-0.39, 0.29) is 22.4 Å². The summed E-state index contributed by atoms with van der Waals surface area (Å²) in [6.07, 6.45) is 2.00. The second-order valence-electron chi connectivity index (χ2n) is 9.85. The van der Waals surface area contributed by atoms with Crippen molar-refractivity contribution in [1.82, 2.24) is 19.2 Å². The number of pyridine rings is 1. The summed E-state index contributed by atoms with van der Waals surface area (Å²) < 4.78 is 7.42. The molecule has 0 unspecified atom stereocenters. The number of fused-ring (bicyclic) bond motifs is 1. The quantitative estimate of drug-likeness (QED) is 0.258. The van der Waals surface area contributed by atoms with Crippen LogP contribution in [0.2, 0.25) is 0 Å². The van der Waals surface area contributed by atoms with Crippen LogP contribution in [0.25, 0.3) is 28.0 Å². The molecule has 1 amide bonds. The molecule has 3 heterocycles. The Morgan fingerprint density at radius 1 is 1.00 bits per heavy atom. The number of methoxy groups -OCH3 is 1. The van der Waals surface area contributed by atoms with Crippen molar-refractivity contribution >= 4 is 17.2 Å². The minimum atomic E-state index is -0.379. The van der Waals surface area contributed by atoms with Gasteiger partial charge in [-0.25, -0.2) is 4.98 Å². The summed E-state index contributed by atoms with van der Waals surface area (Å²) in [5, 5.41) is 11.3. The average molecular weight is 514 g/mol. The standard InChI is InChI=1S/C29H31N5O4/c1-20(2)29(35)32-15-13-31(14-16-32)19-26-28(21-7-10-25(38-3)11-8-21)30-27-12-9-23(18-33(26)27)22-5-4-6-24(17-22)34(36)37/h4-12,17-18,20H,13-16,19H2,1-3H3. The zero-order valence-corrected chi connectivity index (χ0v) is 21.8. The molecule has 1 fully saturated rings. The maximum atomic E-state index is 12.5. The minimum Gasteiger partial charge on any atom is -0.497 e. The van der Waals surface area contributed by atoms with Gasteiger partial charge in [0.15, 0.2) is 0 Å². The second-order valence-corrected chi connectivity index (χ2v) is 9.85. The Bertz CT molecular complexity index is 1470. The van der Waals surface area contributed by atoms with Crippen molar-refractivity contribution in [2.45, 2.75) is 20.4 Å². The van der Waals surface area contributed by atoms with Crippen LogP contribution in [0.1, 0.15) is 19.5 Å². The molecule has 0 bridgehead atoms. The van der Waals surface area contributed by atoms with Crippen LogP contribution in [0.3, 0.4) is 0 Å². The van der Waals surface area contributed by atoms with E-state index in [1.54, 1.807) is 19.2 Å². The predicted molar refractivity (Wildman–Crippen MR) is 146 cm³/mol. The number of nitro groups is 1. The zero-order chi connectivity index (χ0) is 26.8. The highest BCUT2D eigenvalue weighted by molar-refractivity contribution is 5.78. The molecule has 5 rings (SSSR count). The lowest BCUT2D eigenvalue weighted by atomic mass is 10.1. The Hall–Kier alpha value is -4.24. The highest BCUT2D eigenvalue weighted by Crippen LogP contribution is 2.30. The SMILES string of the molecule is COc1ccc(-c2nc3ccc(-c4cccc([N+](=O)[O-])c4)cn3c2CN2CCN(C(=O)C(C)C)CC2)cc1. The first-order valence-electron chi connectivity index (χ1n) is 12.8. The third-order valence-electron chi connectivity index (χ3n) is 7.02. The smallest absolute Gasteiger partial charge is 0.270 e. The number of hydrogen-bond acceptors (Lipinski definition) is 6. The third-order valence-corrected chi connectivity index (χ3v) is 7.02. The maximum absolute atomic E-state index is 12.5. The van der Waals surface area contributed by atoms with Crippen molar-refractivity contribution < 1.29 is 14.5 Å². The summed E-state index contributed by atoms with van der Waals surface area (Å²) in [6, 6.07) is 18.4. The van der Waals surface area contributed by atoms with Gasteiger partial charge in [0.25, 0.3) is 5.69 Å². The Morgan fingerprint density at radius 3 is 2.37 bits per heavy atom. The number of nitrogens with zero attached hydrogens (tertiary/aromatic N) is 5. The number of carbonyl (C=O) groups is 1. The lowest BCUT2D eigenvalue weighted by molar-refractivity contribution is -0.384. The van der Waals surface area contributed by atoms with Crippen LogP contribution < -0.4 is 4.74 Å². The summed E-state index contributed by atoms with van der Waals surface area (Å²) in [7, 11) is 1.64. The molecule has 0 N–H and O–H groups in total. The summed E-state index contributed by atoms with van der Waals surface area (Å²) in [5.41, 5.74) is 5.39. The molecule has 0 spiro atoms. The third kappa shape index (κ3) is 5.10. The van der Waals surface area contributed by atoms with Gasteiger partial charge >= 0.3 is 0 Å². The molecule has 1 aliphatic heterocycles. The fourth-order valence-corrected chi connectivity index (χ4v) is 4.90. The average Bonchev–Trinajstić information content (AvgIpc) is 3.30. The largest absolute Gasteiger partial charge is 0.497 e. The molecule has 4 aromatic rings. The van der Waals surface area contributed by atoms with E-state index in [0.717, 1.165) is 52.6 Å². The van der Waals surface area contributed by atoms with E-state index >= 15 is 0 Å². The van der Waals surface area contributed by atoms with Gasteiger partial charge in [-0.2, -0.15) is 0 Å². The molecule has 0 saturated carbocycles. The van der Waals surface area contributed by atoms with Crippen molar-refractivity contribution in [1.29, 1.82) is 0 Å². The highest BCUT2D eigenvalue weighted by atomic mass is 16.6. The maximum Gasteiger partial charge on any atom is 0.270 e. The number of rotatable bonds is 7. The van der Waals surface area contributed by atoms with Gasteiger partial charge in [-0.05, 0) is 47.5 Å². The molecule has 0 radical (unpaired) electrons. The van der Waals surface area contributed by atoms with Gasteiger partial charge in [-0.15, -0.1) is 0 Å². The van der Waals surface area contributed by atoms with E-state index in [1.165, 1.54) is 6.07 Å². The molecule has 1 aliphatic rings. The molecular formula is C29H31N5O4. The van der Waals surface area contributed by atoms with E-state index in [2.05, 4.69) is 9.30 Å².